The number of aryl methyl sites for hydroxylation is 1. The molecular weight excluding hydrogens is 456 g/mol. The number of nitrogens with one attached hydrogen (secondary N) is 1. The number of benzene rings is 3. The highest BCUT2D eigenvalue weighted by molar-refractivity contribution is 8.00. The van der Waals surface area contributed by atoms with Gasteiger partial charge in [-0.3, -0.25) is 9.59 Å². The minimum Gasteiger partial charge on any atom is -0.467 e. The Kier molecular flexibility index (Phi) is 6.73. The van der Waals surface area contributed by atoms with Gasteiger partial charge in [-0.05, 0) is 53.4 Å². The van der Waals surface area contributed by atoms with Crippen molar-refractivity contribution < 1.29 is 14.0 Å². The van der Waals surface area contributed by atoms with Gasteiger partial charge in [-0.2, -0.15) is 0 Å². The number of carbonyl (C=O) groups is 2. The second-order valence-electron chi connectivity index (χ2n) is 8.56. The van der Waals surface area contributed by atoms with Gasteiger partial charge in [0, 0.05) is 5.56 Å². The van der Waals surface area contributed by atoms with Crippen molar-refractivity contribution in [2.45, 2.75) is 24.9 Å². The lowest BCUT2D eigenvalue weighted by Gasteiger charge is -2.24. The molecule has 1 N–H and O–H groups in total. The van der Waals surface area contributed by atoms with Gasteiger partial charge in [0.1, 0.15) is 11.1 Å². The maximum atomic E-state index is 13.3. The molecule has 0 bridgehead atoms. The normalized spacial score (nSPS) is 16.3. The van der Waals surface area contributed by atoms with E-state index in [2.05, 4.69) is 24.4 Å². The van der Waals surface area contributed by atoms with Crippen molar-refractivity contribution >= 4 is 23.6 Å². The highest BCUT2D eigenvalue weighted by atomic mass is 32.2. The standard InChI is InChI=1S/C29H26N2O3S/c1-20-8-5-6-12-25(20)27(21-9-3-2-4-10-21)30-28(33)22-13-15-23(16-14-22)29-31(26(32)19-35-29)18-24-11-7-17-34-24/h2-17,27,29H,18-19H2,1H3,(H,30,33)/t27-,29+/m1/s1. The van der Waals surface area contributed by atoms with Gasteiger partial charge >= 0.3 is 0 Å². The van der Waals surface area contributed by atoms with Gasteiger partial charge < -0.3 is 14.6 Å². The van der Waals surface area contributed by atoms with E-state index in [4.69, 9.17) is 4.42 Å². The first kappa shape index (κ1) is 23.0. The first-order valence-electron chi connectivity index (χ1n) is 11.5. The van der Waals surface area contributed by atoms with Gasteiger partial charge in [0.15, 0.2) is 0 Å². The average Bonchev–Trinajstić information content (AvgIpc) is 3.54. The SMILES string of the molecule is Cc1ccccc1[C@H](NC(=O)c1ccc([C@@H]2SCC(=O)N2Cc2ccco2)cc1)c1ccccc1. The summed E-state index contributed by atoms with van der Waals surface area (Å²) in [4.78, 5) is 27.6. The van der Waals surface area contributed by atoms with E-state index in [1.165, 1.54) is 0 Å². The van der Waals surface area contributed by atoms with Crippen molar-refractivity contribution in [3.8, 4) is 0 Å². The highest BCUT2D eigenvalue weighted by Gasteiger charge is 2.33. The molecule has 0 spiro atoms. The zero-order valence-corrected chi connectivity index (χ0v) is 20.2. The molecule has 0 saturated carbocycles. The topological polar surface area (TPSA) is 62.6 Å². The number of carbonyl (C=O) groups excluding carboxylic acids is 2. The van der Waals surface area contributed by atoms with Crippen LogP contribution in [-0.2, 0) is 11.3 Å². The third kappa shape index (κ3) is 5.03. The van der Waals surface area contributed by atoms with Crippen LogP contribution in [0.15, 0.2) is 102 Å². The molecule has 1 aliphatic rings. The minimum atomic E-state index is -0.253. The second-order valence-corrected chi connectivity index (χ2v) is 9.63. The number of nitrogens with zero attached hydrogens (tertiary/aromatic N) is 1. The van der Waals surface area contributed by atoms with Crippen molar-refractivity contribution in [2.75, 3.05) is 5.75 Å². The Balaban J connectivity index is 1.35. The average molecular weight is 483 g/mol. The van der Waals surface area contributed by atoms with E-state index in [1.807, 2.05) is 83.8 Å². The van der Waals surface area contributed by atoms with Crippen molar-refractivity contribution in [2.24, 2.45) is 0 Å². The molecule has 0 unspecified atom stereocenters. The molecular formula is C29H26N2O3S. The Morgan fingerprint density at radius 2 is 1.74 bits per heavy atom. The van der Waals surface area contributed by atoms with Crippen molar-refractivity contribution in [1.29, 1.82) is 0 Å². The van der Waals surface area contributed by atoms with Gasteiger partial charge in [0.05, 0.1) is 24.6 Å². The van der Waals surface area contributed by atoms with E-state index < -0.39 is 0 Å². The summed E-state index contributed by atoms with van der Waals surface area (Å²) >= 11 is 1.59. The number of rotatable bonds is 7. The summed E-state index contributed by atoms with van der Waals surface area (Å²) in [6.45, 7) is 2.49. The maximum absolute atomic E-state index is 13.3. The van der Waals surface area contributed by atoms with Gasteiger partial charge in [-0.25, -0.2) is 0 Å². The molecule has 1 aliphatic heterocycles. The van der Waals surface area contributed by atoms with Gasteiger partial charge in [0.25, 0.3) is 5.91 Å². The van der Waals surface area contributed by atoms with Crippen molar-refractivity contribution in [1.82, 2.24) is 10.2 Å². The fourth-order valence-corrected chi connectivity index (χ4v) is 5.57. The molecule has 5 rings (SSSR count). The molecule has 176 valence electrons. The molecule has 6 heteroatoms. The van der Waals surface area contributed by atoms with E-state index in [-0.39, 0.29) is 23.2 Å². The number of amides is 2. The monoisotopic (exact) mass is 482 g/mol. The van der Waals surface area contributed by atoms with Crippen molar-refractivity contribution in [3.63, 3.8) is 0 Å². The number of thioether (sulfide) groups is 1. The molecule has 2 heterocycles. The van der Waals surface area contributed by atoms with Crippen molar-refractivity contribution in [3.05, 3.63) is 131 Å². The molecule has 1 fully saturated rings. The molecule has 1 saturated heterocycles. The molecule has 0 aliphatic carbocycles. The van der Waals surface area contributed by atoms with E-state index in [9.17, 15) is 9.59 Å². The Hall–Kier alpha value is -3.77. The van der Waals surface area contributed by atoms with Crippen LogP contribution in [0.5, 0.6) is 0 Å². The zero-order chi connectivity index (χ0) is 24.2. The summed E-state index contributed by atoms with van der Waals surface area (Å²) in [5.74, 6) is 1.13. The molecule has 0 radical (unpaired) electrons. The summed E-state index contributed by atoms with van der Waals surface area (Å²) in [6.07, 6.45) is 1.62. The van der Waals surface area contributed by atoms with Crippen LogP contribution in [0.1, 0.15) is 49.8 Å². The predicted molar refractivity (Wildman–Crippen MR) is 138 cm³/mol. The van der Waals surface area contributed by atoms with Crippen LogP contribution < -0.4 is 5.32 Å². The van der Waals surface area contributed by atoms with Gasteiger partial charge in [0.2, 0.25) is 5.91 Å². The lowest BCUT2D eigenvalue weighted by atomic mass is 9.94. The van der Waals surface area contributed by atoms with Gasteiger partial charge in [-0.1, -0.05) is 66.7 Å². The molecule has 3 aromatic carbocycles. The van der Waals surface area contributed by atoms with Crippen LogP contribution >= 0.6 is 11.8 Å². The van der Waals surface area contributed by atoms with Crippen LogP contribution in [0, 0.1) is 6.92 Å². The number of hydrogen-bond donors (Lipinski definition) is 1. The summed E-state index contributed by atoms with van der Waals surface area (Å²) < 4.78 is 5.44. The second kappa shape index (κ2) is 10.2. The Morgan fingerprint density at radius 3 is 2.46 bits per heavy atom. The Labute approximate surface area is 209 Å². The smallest absolute Gasteiger partial charge is 0.252 e. The van der Waals surface area contributed by atoms with Crippen LogP contribution in [0.3, 0.4) is 0 Å². The van der Waals surface area contributed by atoms with Crippen LogP contribution in [0.2, 0.25) is 0 Å². The fraction of sp³-hybridized carbons (Fsp3) is 0.172. The third-order valence-corrected chi connectivity index (χ3v) is 7.50. The minimum absolute atomic E-state index is 0.0853. The number of hydrogen-bond acceptors (Lipinski definition) is 4. The first-order valence-corrected chi connectivity index (χ1v) is 12.6. The van der Waals surface area contributed by atoms with Crippen LogP contribution in [-0.4, -0.2) is 22.5 Å². The first-order chi connectivity index (χ1) is 17.1. The van der Waals surface area contributed by atoms with Crippen LogP contribution in [0.4, 0.5) is 0 Å². The quantitative estimate of drug-likeness (QED) is 0.357. The molecule has 2 atom stereocenters. The molecule has 1 aromatic heterocycles. The summed E-state index contributed by atoms with van der Waals surface area (Å²) in [7, 11) is 0. The van der Waals surface area contributed by atoms with E-state index >= 15 is 0 Å². The van der Waals surface area contributed by atoms with E-state index in [0.717, 1.165) is 28.0 Å². The van der Waals surface area contributed by atoms with E-state index in [1.54, 1.807) is 18.0 Å². The fourth-order valence-electron chi connectivity index (χ4n) is 4.38. The molecule has 4 aromatic rings. The molecule has 5 nitrogen and oxygen atoms in total. The molecule has 35 heavy (non-hydrogen) atoms. The highest BCUT2D eigenvalue weighted by Crippen LogP contribution is 2.39. The largest absolute Gasteiger partial charge is 0.467 e. The lowest BCUT2D eigenvalue weighted by Crippen LogP contribution is -2.30. The number of furan rings is 1. The van der Waals surface area contributed by atoms with Gasteiger partial charge in [-0.15, -0.1) is 11.8 Å². The van der Waals surface area contributed by atoms with Crippen LogP contribution in [0.25, 0.3) is 0 Å². The third-order valence-electron chi connectivity index (χ3n) is 6.24. The summed E-state index contributed by atoms with van der Waals surface area (Å²) in [6, 6.07) is 29.1. The Bertz CT molecular complexity index is 1300. The lowest BCUT2D eigenvalue weighted by molar-refractivity contribution is -0.128. The molecule has 2 amide bonds. The summed E-state index contributed by atoms with van der Waals surface area (Å²) in [5.41, 5.74) is 4.79. The van der Waals surface area contributed by atoms with E-state index in [0.29, 0.717) is 17.9 Å². The maximum Gasteiger partial charge on any atom is 0.252 e. The predicted octanol–water partition coefficient (Wildman–Crippen LogP) is 5.88. The Morgan fingerprint density at radius 1 is 1.00 bits per heavy atom. The zero-order valence-electron chi connectivity index (χ0n) is 19.4. The summed E-state index contributed by atoms with van der Waals surface area (Å²) in [5, 5.41) is 3.12.